The lowest BCUT2D eigenvalue weighted by Crippen LogP contribution is -2.49. The van der Waals surface area contributed by atoms with Crippen LogP contribution in [-0.4, -0.2) is 114 Å². The molecular formula is C53H69FN8O13S. The number of fused-ring (bicyclic) bond motifs is 1. The minimum atomic E-state index is -1.10. The number of rotatable bonds is 20. The Balaban J connectivity index is 1.23. The first kappa shape index (κ1) is 59.5. The average molecular weight is 1080 g/mol. The van der Waals surface area contributed by atoms with E-state index in [0.29, 0.717) is 29.4 Å². The highest BCUT2D eigenvalue weighted by atomic mass is 32.1. The first-order valence-electron chi connectivity index (χ1n) is 24.6. The topological polar surface area (TPSA) is 275 Å². The summed E-state index contributed by atoms with van der Waals surface area (Å²) in [5.74, 6) is -2.01. The number of carbonyl (C=O) groups excluding carboxylic acids is 5. The summed E-state index contributed by atoms with van der Waals surface area (Å²) in [4.78, 5) is 84.0. The lowest BCUT2D eigenvalue weighted by atomic mass is 9.81. The molecule has 0 saturated heterocycles. The van der Waals surface area contributed by atoms with Gasteiger partial charge in [0.1, 0.15) is 41.0 Å². The van der Waals surface area contributed by atoms with E-state index in [9.17, 15) is 33.9 Å². The molecule has 0 spiro atoms. The molecule has 23 heteroatoms. The third kappa shape index (κ3) is 19.7. The fourth-order valence-electron chi connectivity index (χ4n) is 7.53. The van der Waals surface area contributed by atoms with Crippen LogP contribution in [0.15, 0.2) is 71.2 Å². The van der Waals surface area contributed by atoms with Crippen LogP contribution < -0.4 is 41.4 Å². The van der Waals surface area contributed by atoms with Gasteiger partial charge in [-0.25, -0.2) is 28.6 Å². The average Bonchev–Trinajstić information content (AvgIpc) is 3.81. The zero-order valence-electron chi connectivity index (χ0n) is 44.5. The molecule has 0 saturated carbocycles. The van der Waals surface area contributed by atoms with Crippen molar-refractivity contribution in [2.45, 2.75) is 123 Å². The van der Waals surface area contributed by atoms with Crippen molar-refractivity contribution < 1.29 is 66.7 Å². The minimum Gasteiger partial charge on any atom is -0.487 e. The number of aliphatic imine (C=N–C) groups is 1. The lowest BCUT2D eigenvalue weighted by Gasteiger charge is -2.37. The van der Waals surface area contributed by atoms with Crippen molar-refractivity contribution in [3.63, 3.8) is 0 Å². The summed E-state index contributed by atoms with van der Waals surface area (Å²) in [5, 5.41) is 28.5. The Bertz CT molecular complexity index is 2700. The Hall–Kier alpha value is -7.37. The van der Waals surface area contributed by atoms with Crippen LogP contribution in [0.1, 0.15) is 110 Å². The van der Waals surface area contributed by atoms with E-state index in [2.05, 4.69) is 41.9 Å². The summed E-state index contributed by atoms with van der Waals surface area (Å²) in [6, 6.07) is 12.7. The second-order valence-corrected chi connectivity index (χ2v) is 21.6. The molecule has 1 aromatic heterocycles. The molecule has 2 heterocycles. The van der Waals surface area contributed by atoms with Crippen LogP contribution in [0.25, 0.3) is 11.1 Å². The maximum absolute atomic E-state index is 15.7. The number of carboxylic acid groups (broad SMARTS) is 1. The number of thiazole rings is 1. The van der Waals surface area contributed by atoms with E-state index in [0.717, 1.165) is 11.1 Å². The molecule has 412 valence electrons. The van der Waals surface area contributed by atoms with Gasteiger partial charge in [-0.15, -0.1) is 16.3 Å². The van der Waals surface area contributed by atoms with Gasteiger partial charge in [-0.05, 0) is 142 Å². The van der Waals surface area contributed by atoms with Gasteiger partial charge < -0.3 is 60.1 Å². The summed E-state index contributed by atoms with van der Waals surface area (Å²) in [6.07, 6.45) is -0.0478. The molecule has 2 atom stereocenters. The monoisotopic (exact) mass is 1080 g/mol. The third-order valence-electron chi connectivity index (χ3n) is 10.7. The van der Waals surface area contributed by atoms with Crippen LogP contribution in [0.3, 0.4) is 0 Å². The fourth-order valence-corrected chi connectivity index (χ4v) is 8.07. The summed E-state index contributed by atoms with van der Waals surface area (Å²) in [6.45, 7) is 17.9. The fraction of sp³-hybridized carbons (Fsp3) is 0.472. The number of guanidine groups is 1. The molecule has 3 aromatic carbocycles. The van der Waals surface area contributed by atoms with Gasteiger partial charge in [-0.3, -0.25) is 14.9 Å². The van der Waals surface area contributed by atoms with Crippen molar-refractivity contribution in [3.8, 4) is 28.4 Å². The molecule has 1 aliphatic heterocycles. The number of nitrogens with zero attached hydrogens (tertiary/aromatic N) is 2. The number of hydrogen-bond acceptors (Lipinski definition) is 15. The Morgan fingerprint density at radius 3 is 2.18 bits per heavy atom. The number of carboxylic acids is 1. The summed E-state index contributed by atoms with van der Waals surface area (Å²) >= 11 is 1.30. The molecule has 21 nitrogen and oxygen atoms in total. The van der Waals surface area contributed by atoms with E-state index in [1.807, 2.05) is 13.0 Å². The molecule has 1 aliphatic rings. The van der Waals surface area contributed by atoms with Crippen molar-refractivity contribution in [3.05, 3.63) is 88.7 Å². The highest BCUT2D eigenvalue weighted by Gasteiger charge is 2.36. The van der Waals surface area contributed by atoms with Crippen molar-refractivity contribution in [2.24, 2.45) is 4.99 Å². The molecule has 4 aromatic rings. The molecular weight excluding hydrogens is 1010 g/mol. The number of nitrogens with one attached hydrogen (secondary N) is 6. The Kier molecular flexibility index (Phi) is 20.7. The van der Waals surface area contributed by atoms with Crippen LogP contribution in [0.2, 0.25) is 0 Å². The summed E-state index contributed by atoms with van der Waals surface area (Å²) in [5.41, 5.74) is -0.927. The van der Waals surface area contributed by atoms with Gasteiger partial charge >= 0.3 is 24.2 Å². The van der Waals surface area contributed by atoms with Gasteiger partial charge in [0.25, 0.3) is 0 Å². The number of benzene rings is 3. The predicted molar refractivity (Wildman–Crippen MR) is 282 cm³/mol. The van der Waals surface area contributed by atoms with E-state index in [4.69, 9.17) is 28.4 Å². The zero-order valence-corrected chi connectivity index (χ0v) is 45.3. The van der Waals surface area contributed by atoms with Crippen LogP contribution in [-0.2, 0) is 40.5 Å². The lowest BCUT2D eigenvalue weighted by molar-refractivity contribution is -0.123. The number of aromatic nitrogens is 1. The van der Waals surface area contributed by atoms with Crippen molar-refractivity contribution in [1.29, 1.82) is 0 Å². The molecule has 0 radical (unpaired) electrons. The van der Waals surface area contributed by atoms with E-state index < -0.39 is 64.4 Å². The number of halogens is 1. The van der Waals surface area contributed by atoms with Gasteiger partial charge in [0.2, 0.25) is 17.8 Å². The zero-order chi connectivity index (χ0) is 55.8. The first-order valence-corrected chi connectivity index (χ1v) is 25.5. The number of carbonyl (C=O) groups is 6. The van der Waals surface area contributed by atoms with E-state index in [1.54, 1.807) is 86.0 Å². The highest BCUT2D eigenvalue weighted by molar-refractivity contribution is 7.13. The molecule has 76 heavy (non-hydrogen) atoms. The van der Waals surface area contributed by atoms with Crippen LogP contribution >= 0.6 is 11.3 Å². The molecule has 5 amide bonds. The maximum Gasteiger partial charge on any atom is 0.437 e. The van der Waals surface area contributed by atoms with Gasteiger partial charge in [0, 0.05) is 54.8 Å². The van der Waals surface area contributed by atoms with Gasteiger partial charge in [0.05, 0.1) is 18.8 Å². The van der Waals surface area contributed by atoms with Gasteiger partial charge in [0.15, 0.2) is 16.6 Å². The Morgan fingerprint density at radius 1 is 0.842 bits per heavy atom. The standard InChI is InChI=1S/C53H69FN8O13S/c1-50(2,3)73-47(67)59-39(12-11-20-56-45(61-48(68)74-51(4,5)6)62-49(69)75-52(7,8)9)43(64)55-22-24-70-25-26-71-40-28-34-19-21-58-53(10,31-42(63)60-46-57-23-27-76-46)37(34)30-41(40)72-35-17-18-36(38(54)29-35)32-13-15-33(16-14-32)44(65)66/h13-18,23,27-30,39,58H,11-12,19-22,24-26,31H2,1-10H3,(H,55,64)(H,59,67)(H,65,66)(H,57,60,63)(H2,56,61,62,68,69)/t39?,53-/m1/s1. The number of alkyl carbamates (subject to hydrolysis) is 2. The number of aromatic carboxylic acids is 1. The quantitative estimate of drug-likeness (QED) is 0.0189. The Labute approximate surface area is 445 Å². The number of amides is 5. The van der Waals surface area contributed by atoms with Crippen molar-refractivity contribution in [2.75, 3.05) is 44.8 Å². The van der Waals surface area contributed by atoms with Crippen LogP contribution in [0.5, 0.6) is 17.2 Å². The Morgan fingerprint density at radius 2 is 1.54 bits per heavy atom. The molecule has 0 fully saturated rings. The second-order valence-electron chi connectivity index (χ2n) is 20.7. The molecule has 0 aliphatic carbocycles. The molecule has 1 unspecified atom stereocenters. The second kappa shape index (κ2) is 26.4. The molecule has 0 bridgehead atoms. The smallest absolute Gasteiger partial charge is 0.437 e. The third-order valence-corrected chi connectivity index (χ3v) is 11.4. The minimum absolute atomic E-state index is 0.0340. The predicted octanol–water partition coefficient (Wildman–Crippen LogP) is 8.42. The van der Waals surface area contributed by atoms with E-state index in [-0.39, 0.29) is 86.7 Å². The maximum atomic E-state index is 15.7. The van der Waals surface area contributed by atoms with Gasteiger partial charge in [-0.2, -0.15) is 0 Å². The SMILES string of the molecule is CC(C)(C)OC(=O)/N=C(/NCCCC(NC(=O)OC(C)(C)C)C(=O)NCCOCCOc1cc2c(cc1Oc1ccc(-c3ccc(C(=O)O)cc3)c(F)c1)[C@@](C)(CC(=O)Nc1nccs1)NCC2)NC(=O)OC(C)(C)C. The largest absolute Gasteiger partial charge is 0.487 e. The molecule has 7 N–H and O–H groups in total. The number of ether oxygens (including phenoxy) is 6. The summed E-state index contributed by atoms with van der Waals surface area (Å²) in [7, 11) is 0. The van der Waals surface area contributed by atoms with Crippen molar-refractivity contribution in [1.82, 2.24) is 31.6 Å². The van der Waals surface area contributed by atoms with Crippen LogP contribution in [0, 0.1) is 5.82 Å². The highest BCUT2D eigenvalue weighted by Crippen LogP contribution is 2.42. The van der Waals surface area contributed by atoms with Crippen LogP contribution in [0.4, 0.5) is 23.9 Å². The van der Waals surface area contributed by atoms with Gasteiger partial charge in [-0.1, -0.05) is 12.1 Å². The number of anilines is 1. The summed E-state index contributed by atoms with van der Waals surface area (Å²) < 4.78 is 50.1. The van der Waals surface area contributed by atoms with E-state index >= 15 is 4.39 Å². The first-order chi connectivity index (χ1) is 35.6. The van der Waals surface area contributed by atoms with E-state index in [1.165, 1.54) is 47.7 Å². The normalized spacial score (nSPS) is 15.0. The number of hydrogen-bond donors (Lipinski definition) is 7. The molecule has 5 rings (SSSR count). The van der Waals surface area contributed by atoms with Crippen molar-refractivity contribution >= 4 is 58.5 Å².